The van der Waals surface area contributed by atoms with E-state index in [0.717, 1.165) is 18.4 Å². The van der Waals surface area contributed by atoms with Gasteiger partial charge in [0.15, 0.2) is 0 Å². The summed E-state index contributed by atoms with van der Waals surface area (Å²) in [5.41, 5.74) is 1.55. The van der Waals surface area contributed by atoms with Gasteiger partial charge in [0.2, 0.25) is 0 Å². The van der Waals surface area contributed by atoms with Crippen molar-refractivity contribution in [3.63, 3.8) is 0 Å². The largest absolute Gasteiger partial charge is 0.269 e. The first-order valence-electron chi connectivity index (χ1n) is 7.28. The average Bonchev–Trinajstić information content (AvgIpc) is 2.54. The van der Waals surface area contributed by atoms with Gasteiger partial charge in [-0.1, -0.05) is 18.2 Å². The Morgan fingerprint density at radius 3 is 2.43 bits per heavy atom. The molecule has 6 nitrogen and oxygen atoms in total. The van der Waals surface area contributed by atoms with Gasteiger partial charge in [-0.25, -0.2) is 8.42 Å². The topological polar surface area (TPSA) is 80.5 Å². The molecular weight excluding hydrogens is 316 g/mol. The molecule has 23 heavy (non-hydrogen) atoms. The minimum absolute atomic E-state index is 0.0617. The number of hydrogen-bond acceptors (Lipinski definition) is 4. The number of sulfonamides is 1. The molecule has 120 valence electrons. The molecule has 0 aliphatic carbocycles. The maximum atomic E-state index is 13.0. The van der Waals surface area contributed by atoms with Crippen molar-refractivity contribution in [3.8, 4) is 0 Å². The summed E-state index contributed by atoms with van der Waals surface area (Å²) in [6.45, 7) is 1.87. The highest BCUT2D eigenvalue weighted by Gasteiger charge is 2.33. The summed E-state index contributed by atoms with van der Waals surface area (Å²) in [7, 11) is -3.76. The van der Waals surface area contributed by atoms with Gasteiger partial charge in [0.25, 0.3) is 15.7 Å². The Bertz CT molecular complexity index is 847. The second-order valence-corrected chi connectivity index (χ2v) is 7.38. The fourth-order valence-corrected chi connectivity index (χ4v) is 4.60. The Morgan fingerprint density at radius 2 is 1.78 bits per heavy atom. The van der Waals surface area contributed by atoms with E-state index in [1.54, 1.807) is 6.07 Å². The van der Waals surface area contributed by atoms with E-state index in [-0.39, 0.29) is 16.6 Å². The molecule has 0 fully saturated rings. The maximum absolute atomic E-state index is 13.0. The highest BCUT2D eigenvalue weighted by molar-refractivity contribution is 7.92. The normalized spacial score (nSPS) is 17.6. The van der Waals surface area contributed by atoms with E-state index in [4.69, 9.17) is 0 Å². The van der Waals surface area contributed by atoms with Gasteiger partial charge in [0.1, 0.15) is 0 Å². The highest BCUT2D eigenvalue weighted by atomic mass is 32.2. The van der Waals surface area contributed by atoms with E-state index in [1.165, 1.54) is 28.6 Å². The third-order valence-corrected chi connectivity index (χ3v) is 6.01. The van der Waals surface area contributed by atoms with Gasteiger partial charge < -0.3 is 0 Å². The molecule has 1 heterocycles. The van der Waals surface area contributed by atoms with Crippen LogP contribution >= 0.6 is 0 Å². The van der Waals surface area contributed by atoms with Crippen molar-refractivity contribution in [2.24, 2.45) is 0 Å². The Balaban J connectivity index is 2.07. The fourth-order valence-electron chi connectivity index (χ4n) is 2.88. The van der Waals surface area contributed by atoms with Gasteiger partial charge in [-0.15, -0.1) is 0 Å². The number of para-hydroxylation sites is 1. The molecule has 0 spiro atoms. The van der Waals surface area contributed by atoms with E-state index in [2.05, 4.69) is 0 Å². The maximum Gasteiger partial charge on any atom is 0.269 e. The number of nitrogens with zero attached hydrogens (tertiary/aromatic N) is 2. The molecule has 0 saturated carbocycles. The molecule has 2 aromatic carbocycles. The average molecular weight is 332 g/mol. The molecule has 1 aliphatic heterocycles. The van der Waals surface area contributed by atoms with E-state index < -0.39 is 14.9 Å². The number of anilines is 1. The molecule has 0 unspecified atom stereocenters. The zero-order chi connectivity index (χ0) is 16.6. The van der Waals surface area contributed by atoms with Crippen molar-refractivity contribution in [3.05, 3.63) is 64.2 Å². The summed E-state index contributed by atoms with van der Waals surface area (Å²) in [6.07, 6.45) is 1.58. The van der Waals surface area contributed by atoms with Crippen molar-refractivity contribution in [1.82, 2.24) is 0 Å². The van der Waals surface area contributed by atoms with E-state index in [0.29, 0.717) is 5.69 Å². The first-order chi connectivity index (χ1) is 10.9. The summed E-state index contributed by atoms with van der Waals surface area (Å²) >= 11 is 0. The van der Waals surface area contributed by atoms with Crippen LogP contribution in [0.3, 0.4) is 0 Å². The first kappa shape index (κ1) is 15.5. The lowest BCUT2D eigenvalue weighted by atomic mass is 9.99. The molecule has 1 atom stereocenters. The molecular formula is C16H16N2O4S. The summed E-state index contributed by atoms with van der Waals surface area (Å²) in [5, 5.41) is 10.7. The monoisotopic (exact) mass is 332 g/mol. The zero-order valence-electron chi connectivity index (χ0n) is 12.5. The number of hydrogen-bond donors (Lipinski definition) is 0. The van der Waals surface area contributed by atoms with Crippen molar-refractivity contribution in [1.29, 1.82) is 0 Å². The molecule has 0 aromatic heterocycles. The van der Waals surface area contributed by atoms with E-state index >= 15 is 0 Å². The van der Waals surface area contributed by atoms with Gasteiger partial charge in [-0.3, -0.25) is 14.4 Å². The van der Waals surface area contributed by atoms with Gasteiger partial charge in [0, 0.05) is 18.2 Å². The number of rotatable bonds is 3. The van der Waals surface area contributed by atoms with Crippen LogP contribution in [0.5, 0.6) is 0 Å². The van der Waals surface area contributed by atoms with Crippen LogP contribution in [0.25, 0.3) is 0 Å². The molecule has 7 heteroatoms. The zero-order valence-corrected chi connectivity index (χ0v) is 13.4. The Labute approximate surface area is 134 Å². The van der Waals surface area contributed by atoms with Crippen molar-refractivity contribution in [2.75, 3.05) is 4.31 Å². The van der Waals surface area contributed by atoms with Crippen LogP contribution in [-0.2, 0) is 16.4 Å². The molecule has 0 amide bonds. The van der Waals surface area contributed by atoms with Gasteiger partial charge in [-0.05, 0) is 43.5 Å². The van der Waals surface area contributed by atoms with Crippen LogP contribution in [0.1, 0.15) is 18.9 Å². The Hall–Kier alpha value is -2.41. The smallest absolute Gasteiger partial charge is 0.263 e. The third-order valence-electron chi connectivity index (χ3n) is 4.07. The van der Waals surface area contributed by atoms with Gasteiger partial charge >= 0.3 is 0 Å². The van der Waals surface area contributed by atoms with E-state index in [1.807, 2.05) is 25.1 Å². The van der Waals surface area contributed by atoms with E-state index in [9.17, 15) is 18.5 Å². The third kappa shape index (κ3) is 2.68. The van der Waals surface area contributed by atoms with Crippen LogP contribution < -0.4 is 4.31 Å². The minimum Gasteiger partial charge on any atom is -0.263 e. The summed E-state index contributed by atoms with van der Waals surface area (Å²) in [5.74, 6) is 0. The molecule has 0 bridgehead atoms. The number of nitro groups is 1. The Morgan fingerprint density at radius 1 is 1.13 bits per heavy atom. The molecule has 0 N–H and O–H groups in total. The molecule has 2 aromatic rings. The lowest BCUT2D eigenvalue weighted by Gasteiger charge is -2.35. The van der Waals surface area contributed by atoms with Crippen LogP contribution in [-0.4, -0.2) is 19.4 Å². The Kier molecular flexibility index (Phi) is 3.81. The van der Waals surface area contributed by atoms with Crippen LogP contribution in [0.2, 0.25) is 0 Å². The second kappa shape index (κ2) is 5.66. The quantitative estimate of drug-likeness (QED) is 0.639. The second-order valence-electron chi connectivity index (χ2n) is 5.57. The predicted molar refractivity (Wildman–Crippen MR) is 87.0 cm³/mol. The lowest BCUT2D eigenvalue weighted by Crippen LogP contribution is -2.42. The number of benzene rings is 2. The summed E-state index contributed by atoms with van der Waals surface area (Å²) < 4.78 is 27.4. The number of non-ortho nitro benzene ring substituents is 1. The highest BCUT2D eigenvalue weighted by Crippen LogP contribution is 2.35. The van der Waals surface area contributed by atoms with Gasteiger partial charge in [0.05, 0.1) is 15.5 Å². The molecule has 1 aliphatic rings. The van der Waals surface area contributed by atoms with Crippen molar-refractivity contribution < 1.29 is 13.3 Å². The van der Waals surface area contributed by atoms with Crippen LogP contribution in [0.4, 0.5) is 11.4 Å². The van der Waals surface area contributed by atoms with Crippen LogP contribution in [0, 0.1) is 10.1 Å². The molecule has 0 radical (unpaired) electrons. The minimum atomic E-state index is -3.76. The standard InChI is InChI=1S/C16H16N2O4S/c1-12-6-7-13-4-2-3-5-16(13)17(12)23(21,22)15-10-8-14(9-11-15)18(19)20/h2-5,8-12H,6-7H2,1H3/t12-/m0/s1. The number of aryl methyl sites for hydroxylation is 1. The predicted octanol–water partition coefficient (Wildman–Crippen LogP) is 3.12. The SMILES string of the molecule is C[C@H]1CCc2ccccc2N1S(=O)(=O)c1ccc([N+](=O)[O-])cc1. The summed E-state index contributed by atoms with van der Waals surface area (Å²) in [4.78, 5) is 10.2. The van der Waals surface area contributed by atoms with Gasteiger partial charge in [-0.2, -0.15) is 0 Å². The lowest BCUT2D eigenvalue weighted by molar-refractivity contribution is -0.384. The molecule has 0 saturated heterocycles. The number of nitro benzene ring substituents is 1. The first-order valence-corrected chi connectivity index (χ1v) is 8.72. The molecule has 3 rings (SSSR count). The number of fused-ring (bicyclic) bond motifs is 1. The van der Waals surface area contributed by atoms with Crippen molar-refractivity contribution >= 4 is 21.4 Å². The van der Waals surface area contributed by atoms with Crippen LogP contribution in [0.15, 0.2) is 53.4 Å². The summed E-state index contributed by atoms with van der Waals surface area (Å²) in [6, 6.07) is 12.3. The fraction of sp³-hybridized carbons (Fsp3) is 0.250. The van der Waals surface area contributed by atoms with Crippen molar-refractivity contribution in [2.45, 2.75) is 30.7 Å².